The Bertz CT molecular complexity index is 519. The number of nitrogens with two attached hydrogens (primary N) is 1. The molecule has 0 saturated heterocycles. The molecule has 1 aliphatic rings. The van der Waals surface area contributed by atoms with E-state index in [2.05, 4.69) is 0 Å². The van der Waals surface area contributed by atoms with Gasteiger partial charge in [-0.3, -0.25) is 9.59 Å². The highest BCUT2D eigenvalue weighted by molar-refractivity contribution is 6.00. The molecule has 1 saturated carbocycles. The third-order valence-corrected chi connectivity index (χ3v) is 4.06. The van der Waals surface area contributed by atoms with Gasteiger partial charge in [-0.15, -0.1) is 0 Å². The zero-order chi connectivity index (χ0) is 15.5. The lowest BCUT2D eigenvalue weighted by Gasteiger charge is -2.31. The topological polar surface area (TPSA) is 83.6 Å². The van der Waals surface area contributed by atoms with E-state index in [0.717, 1.165) is 18.4 Å². The second-order valence-electron chi connectivity index (χ2n) is 5.80. The minimum Gasteiger partial charge on any atom is -0.481 e. The van der Waals surface area contributed by atoms with E-state index in [0.29, 0.717) is 18.5 Å². The highest BCUT2D eigenvalue weighted by atomic mass is 16.4. The average Bonchev–Trinajstić information content (AvgIpc) is 2.88. The summed E-state index contributed by atoms with van der Waals surface area (Å²) in [6.07, 6.45) is 3.14. The van der Waals surface area contributed by atoms with Gasteiger partial charge in [-0.1, -0.05) is 30.5 Å². The first kappa shape index (κ1) is 15.5. The van der Waals surface area contributed by atoms with Crippen molar-refractivity contribution < 1.29 is 14.7 Å². The minimum atomic E-state index is -0.919. The van der Waals surface area contributed by atoms with Crippen molar-refractivity contribution in [3.05, 3.63) is 29.8 Å². The van der Waals surface area contributed by atoms with Crippen molar-refractivity contribution in [2.75, 3.05) is 11.4 Å². The SMILES string of the molecule is Cc1ccc(N(CCC(=O)O)C(=O)C2(N)CCCC2)cc1. The lowest BCUT2D eigenvalue weighted by Crippen LogP contribution is -2.54. The Hall–Kier alpha value is -1.88. The van der Waals surface area contributed by atoms with Gasteiger partial charge in [0.2, 0.25) is 5.91 Å². The van der Waals surface area contributed by atoms with Gasteiger partial charge >= 0.3 is 5.97 Å². The molecule has 5 heteroatoms. The van der Waals surface area contributed by atoms with Crippen LogP contribution in [0.3, 0.4) is 0 Å². The molecule has 0 heterocycles. The Kier molecular flexibility index (Phi) is 4.63. The maximum absolute atomic E-state index is 12.8. The minimum absolute atomic E-state index is 0.0876. The van der Waals surface area contributed by atoms with Crippen molar-refractivity contribution in [2.24, 2.45) is 5.73 Å². The normalized spacial score (nSPS) is 16.7. The van der Waals surface area contributed by atoms with Gasteiger partial charge in [0.05, 0.1) is 12.0 Å². The number of carbonyl (C=O) groups is 2. The maximum Gasteiger partial charge on any atom is 0.305 e. The molecule has 1 aromatic rings. The van der Waals surface area contributed by atoms with Gasteiger partial charge in [-0.2, -0.15) is 0 Å². The monoisotopic (exact) mass is 290 g/mol. The van der Waals surface area contributed by atoms with E-state index in [4.69, 9.17) is 10.8 Å². The van der Waals surface area contributed by atoms with E-state index in [1.165, 1.54) is 4.90 Å². The Labute approximate surface area is 124 Å². The third-order valence-electron chi connectivity index (χ3n) is 4.06. The second kappa shape index (κ2) is 6.26. The summed E-state index contributed by atoms with van der Waals surface area (Å²) in [6.45, 7) is 2.12. The summed E-state index contributed by atoms with van der Waals surface area (Å²) >= 11 is 0. The predicted molar refractivity (Wildman–Crippen MR) is 81.2 cm³/mol. The maximum atomic E-state index is 12.8. The molecule has 1 amide bonds. The van der Waals surface area contributed by atoms with E-state index in [9.17, 15) is 9.59 Å². The van der Waals surface area contributed by atoms with Gasteiger partial charge in [-0.05, 0) is 31.9 Å². The number of rotatable bonds is 5. The number of aliphatic carboxylic acids is 1. The van der Waals surface area contributed by atoms with E-state index >= 15 is 0 Å². The number of carboxylic acids is 1. The number of carbonyl (C=O) groups excluding carboxylic acids is 1. The van der Waals surface area contributed by atoms with E-state index < -0.39 is 11.5 Å². The Balaban J connectivity index is 2.24. The molecule has 114 valence electrons. The van der Waals surface area contributed by atoms with Crippen LogP contribution in [0.1, 0.15) is 37.7 Å². The van der Waals surface area contributed by atoms with Crippen LogP contribution in [0.4, 0.5) is 5.69 Å². The number of amides is 1. The molecule has 2 rings (SSSR count). The smallest absolute Gasteiger partial charge is 0.305 e. The lowest BCUT2D eigenvalue weighted by atomic mass is 9.96. The van der Waals surface area contributed by atoms with Crippen LogP contribution in [0.5, 0.6) is 0 Å². The third kappa shape index (κ3) is 3.61. The first-order valence-corrected chi connectivity index (χ1v) is 7.32. The van der Waals surface area contributed by atoms with Crippen LogP contribution in [0.25, 0.3) is 0 Å². The van der Waals surface area contributed by atoms with Crippen molar-refractivity contribution in [3.63, 3.8) is 0 Å². The van der Waals surface area contributed by atoms with Crippen LogP contribution in [0.15, 0.2) is 24.3 Å². The molecular weight excluding hydrogens is 268 g/mol. The van der Waals surface area contributed by atoms with Crippen molar-refractivity contribution >= 4 is 17.6 Å². The van der Waals surface area contributed by atoms with Gasteiger partial charge in [0.15, 0.2) is 0 Å². The van der Waals surface area contributed by atoms with Crippen LogP contribution < -0.4 is 10.6 Å². The van der Waals surface area contributed by atoms with Crippen LogP contribution >= 0.6 is 0 Å². The van der Waals surface area contributed by atoms with Gasteiger partial charge in [0.1, 0.15) is 0 Å². The molecule has 0 atom stereocenters. The van der Waals surface area contributed by atoms with E-state index in [1.807, 2.05) is 31.2 Å². The molecule has 0 unspecified atom stereocenters. The van der Waals surface area contributed by atoms with Crippen LogP contribution in [-0.4, -0.2) is 29.1 Å². The number of nitrogens with zero attached hydrogens (tertiary/aromatic N) is 1. The number of carboxylic acid groups (broad SMARTS) is 1. The molecule has 1 aliphatic carbocycles. The van der Waals surface area contributed by atoms with Gasteiger partial charge in [-0.25, -0.2) is 0 Å². The second-order valence-corrected chi connectivity index (χ2v) is 5.80. The van der Waals surface area contributed by atoms with Gasteiger partial charge < -0.3 is 15.7 Å². The highest BCUT2D eigenvalue weighted by Gasteiger charge is 2.40. The number of aryl methyl sites for hydroxylation is 1. The summed E-state index contributed by atoms with van der Waals surface area (Å²) in [6, 6.07) is 7.50. The Morgan fingerprint density at radius 1 is 1.24 bits per heavy atom. The fourth-order valence-corrected chi connectivity index (χ4v) is 2.77. The summed E-state index contributed by atoms with van der Waals surface area (Å²) in [5.74, 6) is -1.08. The standard InChI is InChI=1S/C16H22N2O3/c1-12-4-6-13(7-5-12)18(11-8-14(19)20)15(21)16(17)9-2-3-10-16/h4-7H,2-3,8-11,17H2,1H3,(H,19,20). The number of benzene rings is 1. The zero-order valence-electron chi connectivity index (χ0n) is 12.3. The molecule has 0 aromatic heterocycles. The van der Waals surface area contributed by atoms with Crippen LogP contribution in [0, 0.1) is 6.92 Å². The Morgan fingerprint density at radius 2 is 1.81 bits per heavy atom. The molecule has 1 aromatic carbocycles. The first-order valence-electron chi connectivity index (χ1n) is 7.32. The fraction of sp³-hybridized carbons (Fsp3) is 0.500. The van der Waals surface area contributed by atoms with Crippen molar-refractivity contribution in [2.45, 2.75) is 44.6 Å². The van der Waals surface area contributed by atoms with Crippen molar-refractivity contribution in [1.82, 2.24) is 0 Å². The number of hydrogen-bond donors (Lipinski definition) is 2. The Morgan fingerprint density at radius 3 is 2.33 bits per heavy atom. The molecule has 0 bridgehead atoms. The highest BCUT2D eigenvalue weighted by Crippen LogP contribution is 2.31. The molecule has 1 fully saturated rings. The quantitative estimate of drug-likeness (QED) is 0.869. The zero-order valence-corrected chi connectivity index (χ0v) is 12.3. The lowest BCUT2D eigenvalue weighted by molar-refractivity contribution is -0.136. The van der Waals surface area contributed by atoms with Crippen LogP contribution in [0.2, 0.25) is 0 Å². The summed E-state index contributed by atoms with van der Waals surface area (Å²) in [5.41, 5.74) is 7.20. The van der Waals surface area contributed by atoms with Gasteiger partial charge in [0, 0.05) is 12.2 Å². The van der Waals surface area contributed by atoms with Gasteiger partial charge in [0.25, 0.3) is 0 Å². The molecule has 0 radical (unpaired) electrons. The largest absolute Gasteiger partial charge is 0.481 e. The van der Waals surface area contributed by atoms with Crippen molar-refractivity contribution in [3.8, 4) is 0 Å². The van der Waals surface area contributed by atoms with E-state index in [-0.39, 0.29) is 18.9 Å². The first-order chi connectivity index (χ1) is 9.92. The number of hydrogen-bond acceptors (Lipinski definition) is 3. The molecular formula is C16H22N2O3. The van der Waals surface area contributed by atoms with Crippen molar-refractivity contribution in [1.29, 1.82) is 0 Å². The molecule has 21 heavy (non-hydrogen) atoms. The average molecular weight is 290 g/mol. The van der Waals surface area contributed by atoms with E-state index in [1.54, 1.807) is 0 Å². The molecule has 0 spiro atoms. The molecule has 5 nitrogen and oxygen atoms in total. The fourth-order valence-electron chi connectivity index (χ4n) is 2.77. The summed E-state index contributed by atoms with van der Waals surface area (Å²) in [7, 11) is 0. The summed E-state index contributed by atoms with van der Waals surface area (Å²) in [5, 5.41) is 8.90. The molecule has 0 aliphatic heterocycles. The summed E-state index contributed by atoms with van der Waals surface area (Å²) < 4.78 is 0. The predicted octanol–water partition coefficient (Wildman–Crippen LogP) is 2.07. The number of anilines is 1. The molecule has 3 N–H and O–H groups in total. The van der Waals surface area contributed by atoms with Crippen LogP contribution in [-0.2, 0) is 9.59 Å². The summed E-state index contributed by atoms with van der Waals surface area (Å²) in [4.78, 5) is 25.1.